The Morgan fingerprint density at radius 3 is 2.77 bits per heavy atom. The van der Waals surface area contributed by atoms with E-state index >= 15 is 0 Å². The highest BCUT2D eigenvalue weighted by molar-refractivity contribution is 9.10. The quantitative estimate of drug-likeness (QED) is 0.905. The highest BCUT2D eigenvalue weighted by Crippen LogP contribution is 2.22. The predicted molar refractivity (Wildman–Crippen MR) is 87.5 cm³/mol. The van der Waals surface area contributed by atoms with Crippen molar-refractivity contribution >= 4 is 27.5 Å². The number of carbonyl (C=O) groups is 1. The van der Waals surface area contributed by atoms with Crippen LogP contribution in [0.2, 0.25) is 0 Å². The molecule has 116 valence electrons. The van der Waals surface area contributed by atoms with E-state index in [1.807, 2.05) is 28.9 Å². The number of nitrogens with zero attached hydrogens (tertiary/aromatic N) is 4. The van der Waals surface area contributed by atoms with Gasteiger partial charge in [-0.15, -0.1) is 0 Å². The van der Waals surface area contributed by atoms with Crippen LogP contribution in [0.3, 0.4) is 0 Å². The topological polar surface area (TPSA) is 63.1 Å². The smallest absolute Gasteiger partial charge is 0.238 e. The summed E-state index contributed by atoms with van der Waals surface area (Å²) in [7, 11) is 0. The van der Waals surface area contributed by atoms with Gasteiger partial charge in [0, 0.05) is 17.6 Å². The summed E-state index contributed by atoms with van der Waals surface area (Å²) >= 11 is 3.44. The van der Waals surface area contributed by atoms with Gasteiger partial charge in [-0.3, -0.25) is 9.69 Å². The SMILES string of the molecule is O=C(CN1CCC(n2cncn2)CC1)Nc1ccccc1Br. The minimum atomic E-state index is 0.0195. The van der Waals surface area contributed by atoms with E-state index in [0.29, 0.717) is 12.6 Å². The van der Waals surface area contributed by atoms with Crippen LogP contribution in [0.1, 0.15) is 18.9 Å². The number of carbonyl (C=O) groups excluding carboxylic acids is 1. The van der Waals surface area contributed by atoms with E-state index in [4.69, 9.17) is 0 Å². The zero-order chi connectivity index (χ0) is 15.4. The van der Waals surface area contributed by atoms with Crippen molar-refractivity contribution < 1.29 is 4.79 Å². The van der Waals surface area contributed by atoms with Crippen LogP contribution in [0, 0.1) is 0 Å². The van der Waals surface area contributed by atoms with Crippen molar-refractivity contribution in [2.24, 2.45) is 0 Å². The first-order valence-corrected chi connectivity index (χ1v) is 8.12. The molecule has 7 heteroatoms. The number of anilines is 1. The van der Waals surface area contributed by atoms with Gasteiger partial charge >= 0.3 is 0 Å². The standard InChI is InChI=1S/C15H18BrN5O/c16-13-3-1-2-4-14(13)19-15(22)9-20-7-5-12(6-8-20)21-11-17-10-18-21/h1-4,10-12H,5-9H2,(H,19,22). The lowest BCUT2D eigenvalue weighted by Crippen LogP contribution is -2.39. The Morgan fingerprint density at radius 1 is 1.32 bits per heavy atom. The molecule has 3 rings (SSSR count). The summed E-state index contributed by atoms with van der Waals surface area (Å²) in [5.74, 6) is 0.0195. The number of piperidine rings is 1. The molecule has 1 aliphatic heterocycles. The Labute approximate surface area is 137 Å². The summed E-state index contributed by atoms with van der Waals surface area (Å²) in [6.07, 6.45) is 5.31. The van der Waals surface area contributed by atoms with Gasteiger partial charge in [-0.25, -0.2) is 9.67 Å². The molecule has 1 amide bonds. The van der Waals surface area contributed by atoms with Gasteiger partial charge in [-0.1, -0.05) is 12.1 Å². The molecule has 1 aromatic heterocycles. The van der Waals surface area contributed by atoms with Crippen molar-refractivity contribution in [1.29, 1.82) is 0 Å². The van der Waals surface area contributed by atoms with E-state index in [-0.39, 0.29) is 5.91 Å². The van der Waals surface area contributed by atoms with Gasteiger partial charge in [0.25, 0.3) is 0 Å². The zero-order valence-electron chi connectivity index (χ0n) is 12.2. The molecule has 0 radical (unpaired) electrons. The van der Waals surface area contributed by atoms with Crippen LogP contribution >= 0.6 is 15.9 Å². The van der Waals surface area contributed by atoms with E-state index < -0.39 is 0 Å². The average Bonchev–Trinajstić information content (AvgIpc) is 3.05. The second-order valence-electron chi connectivity index (χ2n) is 5.41. The zero-order valence-corrected chi connectivity index (χ0v) is 13.7. The summed E-state index contributed by atoms with van der Waals surface area (Å²) in [4.78, 5) is 18.3. The molecule has 1 fully saturated rings. The summed E-state index contributed by atoms with van der Waals surface area (Å²) in [5.41, 5.74) is 0.810. The van der Waals surface area contributed by atoms with Crippen LogP contribution in [-0.4, -0.2) is 45.2 Å². The average molecular weight is 364 g/mol. The minimum Gasteiger partial charge on any atom is -0.324 e. The third-order valence-electron chi connectivity index (χ3n) is 3.88. The van der Waals surface area contributed by atoms with Crippen LogP contribution in [0.25, 0.3) is 0 Å². The van der Waals surface area contributed by atoms with Crippen molar-refractivity contribution in [3.05, 3.63) is 41.4 Å². The number of rotatable bonds is 4. The number of para-hydroxylation sites is 1. The van der Waals surface area contributed by atoms with Crippen molar-refractivity contribution in [2.75, 3.05) is 25.0 Å². The van der Waals surface area contributed by atoms with Gasteiger partial charge < -0.3 is 5.32 Å². The summed E-state index contributed by atoms with van der Waals surface area (Å²) in [5, 5.41) is 7.14. The maximum atomic E-state index is 12.1. The fourth-order valence-corrected chi connectivity index (χ4v) is 3.09. The van der Waals surface area contributed by atoms with Crippen LogP contribution in [0.4, 0.5) is 5.69 Å². The van der Waals surface area contributed by atoms with Crippen molar-refractivity contribution in [3.63, 3.8) is 0 Å². The fraction of sp³-hybridized carbons (Fsp3) is 0.400. The van der Waals surface area contributed by atoms with Crippen molar-refractivity contribution in [2.45, 2.75) is 18.9 Å². The van der Waals surface area contributed by atoms with E-state index in [2.05, 4.69) is 36.2 Å². The first-order valence-electron chi connectivity index (χ1n) is 7.33. The third-order valence-corrected chi connectivity index (χ3v) is 4.57. The van der Waals surface area contributed by atoms with E-state index in [9.17, 15) is 4.79 Å². The summed E-state index contributed by atoms with van der Waals surface area (Å²) in [6, 6.07) is 8.03. The third kappa shape index (κ3) is 3.72. The molecule has 1 aliphatic rings. The largest absolute Gasteiger partial charge is 0.324 e. The number of nitrogens with one attached hydrogen (secondary N) is 1. The van der Waals surface area contributed by atoms with Crippen LogP contribution in [0.15, 0.2) is 41.4 Å². The van der Waals surface area contributed by atoms with Crippen LogP contribution in [0.5, 0.6) is 0 Å². The Hall–Kier alpha value is -1.73. The molecule has 0 bridgehead atoms. The van der Waals surface area contributed by atoms with E-state index in [1.54, 1.807) is 12.7 Å². The molecule has 0 spiro atoms. The molecule has 0 aliphatic carbocycles. The first kappa shape index (κ1) is 15.2. The lowest BCUT2D eigenvalue weighted by molar-refractivity contribution is -0.117. The molecule has 0 saturated carbocycles. The number of hydrogen-bond acceptors (Lipinski definition) is 4. The Kier molecular flexibility index (Phi) is 4.84. The molecule has 0 unspecified atom stereocenters. The molecule has 1 saturated heterocycles. The molecular formula is C15H18BrN5O. The van der Waals surface area contributed by atoms with Gasteiger partial charge in [0.2, 0.25) is 5.91 Å². The molecule has 22 heavy (non-hydrogen) atoms. The number of amides is 1. The maximum absolute atomic E-state index is 12.1. The Balaban J connectivity index is 1.48. The normalized spacial score (nSPS) is 16.6. The van der Waals surface area contributed by atoms with Gasteiger partial charge in [-0.05, 0) is 40.9 Å². The molecule has 1 aromatic carbocycles. The number of aromatic nitrogens is 3. The first-order chi connectivity index (χ1) is 10.7. The Bertz CT molecular complexity index is 623. The highest BCUT2D eigenvalue weighted by atomic mass is 79.9. The second kappa shape index (κ2) is 7.02. The van der Waals surface area contributed by atoms with E-state index in [0.717, 1.165) is 36.1 Å². The van der Waals surface area contributed by atoms with Crippen molar-refractivity contribution in [1.82, 2.24) is 19.7 Å². The summed E-state index contributed by atoms with van der Waals surface area (Å²) in [6.45, 7) is 2.22. The number of benzene rings is 1. The minimum absolute atomic E-state index is 0.0195. The molecule has 6 nitrogen and oxygen atoms in total. The predicted octanol–water partition coefficient (Wildman–Crippen LogP) is 2.32. The van der Waals surface area contributed by atoms with E-state index in [1.165, 1.54) is 0 Å². The van der Waals surface area contributed by atoms with Crippen molar-refractivity contribution in [3.8, 4) is 0 Å². The van der Waals surface area contributed by atoms with Crippen LogP contribution in [-0.2, 0) is 4.79 Å². The molecular weight excluding hydrogens is 346 g/mol. The van der Waals surface area contributed by atoms with Gasteiger partial charge in [0.05, 0.1) is 18.3 Å². The molecule has 0 atom stereocenters. The van der Waals surface area contributed by atoms with Gasteiger partial charge in [-0.2, -0.15) is 5.10 Å². The van der Waals surface area contributed by atoms with Gasteiger partial charge in [0.1, 0.15) is 12.7 Å². The maximum Gasteiger partial charge on any atom is 0.238 e. The number of halogens is 1. The molecule has 2 heterocycles. The number of hydrogen-bond donors (Lipinski definition) is 1. The Morgan fingerprint density at radius 2 is 2.09 bits per heavy atom. The number of likely N-dealkylation sites (tertiary alicyclic amines) is 1. The van der Waals surface area contributed by atoms with Gasteiger partial charge in [0.15, 0.2) is 0 Å². The monoisotopic (exact) mass is 363 g/mol. The fourth-order valence-electron chi connectivity index (χ4n) is 2.70. The lowest BCUT2D eigenvalue weighted by Gasteiger charge is -2.31. The van der Waals surface area contributed by atoms with Crippen LogP contribution < -0.4 is 5.32 Å². The molecule has 2 aromatic rings. The highest BCUT2D eigenvalue weighted by Gasteiger charge is 2.22. The molecule has 1 N–H and O–H groups in total. The summed E-state index contributed by atoms with van der Waals surface area (Å²) < 4.78 is 2.81. The lowest BCUT2D eigenvalue weighted by atomic mass is 10.1. The second-order valence-corrected chi connectivity index (χ2v) is 6.27.